The van der Waals surface area contributed by atoms with Crippen molar-refractivity contribution in [3.8, 4) is 5.88 Å². The molecule has 1 amide bonds. The van der Waals surface area contributed by atoms with Crippen molar-refractivity contribution in [2.45, 2.75) is 25.3 Å². The van der Waals surface area contributed by atoms with Crippen LogP contribution in [0.4, 0.5) is 0 Å². The molecule has 0 aliphatic rings. The molecule has 9 heteroatoms. The van der Waals surface area contributed by atoms with Gasteiger partial charge in [0.25, 0.3) is 21.6 Å². The third kappa shape index (κ3) is 2.09. The highest BCUT2D eigenvalue weighted by atomic mass is 32.2. The van der Waals surface area contributed by atoms with Gasteiger partial charge in [-0.2, -0.15) is 8.42 Å². The number of nitrogens with two attached hydrogens (primary N) is 1. The Labute approximate surface area is 102 Å². The minimum atomic E-state index is -4.82. The fourth-order valence-electron chi connectivity index (χ4n) is 1.69. The molecular formula is C9H12N2O6S. The molecule has 0 aliphatic heterocycles. The number of carbonyl (C=O) groups excluding carboxylic acids is 1. The van der Waals surface area contributed by atoms with Gasteiger partial charge < -0.3 is 10.8 Å². The van der Waals surface area contributed by atoms with E-state index in [1.54, 1.807) is 0 Å². The maximum Gasteiger partial charge on any atom is 0.300 e. The quantitative estimate of drug-likeness (QED) is 0.619. The highest BCUT2D eigenvalue weighted by Gasteiger charge is 2.28. The molecule has 0 bridgehead atoms. The molecule has 4 N–H and O–H groups in total. The van der Waals surface area contributed by atoms with Crippen LogP contribution in [0.25, 0.3) is 0 Å². The molecule has 1 rings (SSSR count). The molecule has 0 fully saturated rings. The van der Waals surface area contributed by atoms with E-state index in [9.17, 15) is 23.1 Å². The number of pyridine rings is 1. The zero-order valence-electron chi connectivity index (χ0n) is 9.67. The fraction of sp³-hybridized carbons (Fsp3) is 0.333. The van der Waals surface area contributed by atoms with E-state index >= 15 is 0 Å². The largest absolute Gasteiger partial charge is 0.494 e. The first-order valence-electron chi connectivity index (χ1n) is 4.86. The van der Waals surface area contributed by atoms with Crippen LogP contribution in [0, 0.1) is 6.92 Å². The third-order valence-corrected chi connectivity index (χ3v) is 3.45. The second kappa shape index (κ2) is 4.42. The van der Waals surface area contributed by atoms with Crippen LogP contribution in [-0.4, -0.2) is 28.6 Å². The number of hydrogen-bond donors (Lipinski definition) is 3. The van der Waals surface area contributed by atoms with E-state index in [-0.39, 0.29) is 12.1 Å². The van der Waals surface area contributed by atoms with Gasteiger partial charge in [0.05, 0.1) is 0 Å². The van der Waals surface area contributed by atoms with Crippen molar-refractivity contribution in [1.29, 1.82) is 0 Å². The maximum atomic E-state index is 11.8. The lowest BCUT2D eigenvalue weighted by Crippen LogP contribution is -2.30. The van der Waals surface area contributed by atoms with Crippen LogP contribution < -0.4 is 11.3 Å². The molecule has 0 spiro atoms. The van der Waals surface area contributed by atoms with Crippen molar-refractivity contribution in [2.24, 2.45) is 5.73 Å². The smallest absolute Gasteiger partial charge is 0.300 e. The summed E-state index contributed by atoms with van der Waals surface area (Å²) in [6, 6.07) is 0. The van der Waals surface area contributed by atoms with Gasteiger partial charge in [0.15, 0.2) is 4.90 Å². The SMILES string of the molecule is CCn1c(O)c(C(N)=O)c(C)c(S(=O)(=O)O)c1=O. The summed E-state index contributed by atoms with van der Waals surface area (Å²) in [5.74, 6) is -1.82. The molecule has 18 heavy (non-hydrogen) atoms. The van der Waals surface area contributed by atoms with E-state index in [1.807, 2.05) is 0 Å². The fourth-order valence-corrected chi connectivity index (χ4v) is 2.51. The Balaban J connectivity index is 4.04. The second-order valence-corrected chi connectivity index (χ2v) is 4.90. The summed E-state index contributed by atoms with van der Waals surface area (Å²) in [5, 5.41) is 9.70. The van der Waals surface area contributed by atoms with Gasteiger partial charge in [-0.3, -0.25) is 18.7 Å². The monoisotopic (exact) mass is 276 g/mol. The second-order valence-electron chi connectivity index (χ2n) is 3.54. The van der Waals surface area contributed by atoms with Crippen molar-refractivity contribution in [3.63, 3.8) is 0 Å². The number of aromatic nitrogens is 1. The highest BCUT2D eigenvalue weighted by Crippen LogP contribution is 2.23. The maximum absolute atomic E-state index is 11.8. The van der Waals surface area contributed by atoms with E-state index in [1.165, 1.54) is 6.92 Å². The Morgan fingerprint density at radius 1 is 1.44 bits per heavy atom. The average Bonchev–Trinajstić information content (AvgIpc) is 2.14. The minimum Gasteiger partial charge on any atom is -0.494 e. The van der Waals surface area contributed by atoms with Crippen LogP contribution in [0.5, 0.6) is 5.88 Å². The van der Waals surface area contributed by atoms with Gasteiger partial charge in [-0.15, -0.1) is 0 Å². The Morgan fingerprint density at radius 3 is 2.28 bits per heavy atom. The topological polar surface area (TPSA) is 140 Å². The molecule has 0 unspecified atom stereocenters. The van der Waals surface area contributed by atoms with Crippen LogP contribution in [0.1, 0.15) is 22.8 Å². The predicted molar refractivity (Wildman–Crippen MR) is 61.1 cm³/mol. The molecule has 0 aliphatic carbocycles. The Hall–Kier alpha value is -1.87. The first-order chi connectivity index (χ1) is 8.12. The molecule has 0 atom stereocenters. The van der Waals surface area contributed by atoms with Crippen LogP contribution in [0.15, 0.2) is 9.69 Å². The first kappa shape index (κ1) is 14.2. The molecule has 1 heterocycles. The van der Waals surface area contributed by atoms with E-state index < -0.39 is 37.9 Å². The first-order valence-corrected chi connectivity index (χ1v) is 6.30. The van der Waals surface area contributed by atoms with Crippen LogP contribution in [-0.2, 0) is 16.7 Å². The Bertz CT molecular complexity index is 673. The van der Waals surface area contributed by atoms with Gasteiger partial charge in [0.2, 0.25) is 5.88 Å². The Kier molecular flexibility index (Phi) is 3.49. The zero-order valence-corrected chi connectivity index (χ0v) is 10.5. The minimum absolute atomic E-state index is 0.0895. The molecule has 1 aromatic rings. The molecule has 0 aromatic carbocycles. The number of amides is 1. The molecule has 0 radical (unpaired) electrons. The average molecular weight is 276 g/mol. The van der Waals surface area contributed by atoms with Gasteiger partial charge in [0.1, 0.15) is 5.56 Å². The number of rotatable bonds is 3. The van der Waals surface area contributed by atoms with Gasteiger partial charge >= 0.3 is 0 Å². The van der Waals surface area contributed by atoms with Gasteiger partial charge in [-0.05, 0) is 19.4 Å². The highest BCUT2D eigenvalue weighted by molar-refractivity contribution is 7.85. The summed E-state index contributed by atoms with van der Waals surface area (Å²) in [6.07, 6.45) is 0. The van der Waals surface area contributed by atoms with Gasteiger partial charge in [0, 0.05) is 6.54 Å². The number of hydrogen-bond acceptors (Lipinski definition) is 5. The lowest BCUT2D eigenvalue weighted by Gasteiger charge is -2.13. The summed E-state index contributed by atoms with van der Waals surface area (Å²) in [5.41, 5.74) is 3.01. The van der Waals surface area contributed by atoms with Crippen molar-refractivity contribution < 1.29 is 22.9 Å². The number of aromatic hydroxyl groups is 1. The van der Waals surface area contributed by atoms with Gasteiger partial charge in [-0.25, -0.2) is 0 Å². The summed E-state index contributed by atoms with van der Waals surface area (Å²) in [7, 11) is -4.82. The number of carbonyl (C=O) groups is 1. The molecule has 0 saturated heterocycles. The molecule has 8 nitrogen and oxygen atoms in total. The zero-order chi connectivity index (χ0) is 14.2. The van der Waals surface area contributed by atoms with E-state index in [2.05, 4.69) is 0 Å². The molecule has 0 saturated carbocycles. The molecule has 100 valence electrons. The summed E-state index contributed by atoms with van der Waals surface area (Å²) in [6.45, 7) is 2.47. The summed E-state index contributed by atoms with van der Waals surface area (Å²) < 4.78 is 31.9. The van der Waals surface area contributed by atoms with Gasteiger partial charge in [-0.1, -0.05) is 0 Å². The normalized spacial score (nSPS) is 11.5. The summed E-state index contributed by atoms with van der Waals surface area (Å²) in [4.78, 5) is 22.0. The van der Waals surface area contributed by atoms with Crippen LogP contribution in [0.3, 0.4) is 0 Å². The van der Waals surface area contributed by atoms with E-state index in [4.69, 9.17) is 10.3 Å². The summed E-state index contributed by atoms with van der Waals surface area (Å²) >= 11 is 0. The van der Waals surface area contributed by atoms with Crippen LogP contribution >= 0.6 is 0 Å². The van der Waals surface area contributed by atoms with E-state index in [0.717, 1.165) is 6.92 Å². The molecular weight excluding hydrogens is 264 g/mol. The van der Waals surface area contributed by atoms with Crippen molar-refractivity contribution in [3.05, 3.63) is 21.5 Å². The number of primary amides is 1. The third-order valence-electron chi connectivity index (χ3n) is 2.45. The lowest BCUT2D eigenvalue weighted by atomic mass is 10.1. The van der Waals surface area contributed by atoms with Crippen molar-refractivity contribution in [2.75, 3.05) is 0 Å². The van der Waals surface area contributed by atoms with Crippen molar-refractivity contribution in [1.82, 2.24) is 4.57 Å². The molecule has 1 aromatic heterocycles. The predicted octanol–water partition coefficient (Wildman–Crippen LogP) is -0.772. The van der Waals surface area contributed by atoms with Crippen molar-refractivity contribution >= 4 is 16.0 Å². The number of nitrogens with zero attached hydrogens (tertiary/aromatic N) is 1. The lowest BCUT2D eigenvalue weighted by molar-refractivity contribution is 0.0995. The van der Waals surface area contributed by atoms with E-state index in [0.29, 0.717) is 4.57 Å². The van der Waals surface area contributed by atoms with Crippen LogP contribution in [0.2, 0.25) is 0 Å². The standard InChI is InChI=1S/C9H12N2O6S/c1-3-11-8(13)5(7(10)12)4(2)6(9(11)14)18(15,16)17/h13H,3H2,1-2H3,(H2,10,12)(H,15,16,17). The Morgan fingerprint density at radius 2 is 1.94 bits per heavy atom.